The fourth-order valence-corrected chi connectivity index (χ4v) is 6.37. The van der Waals surface area contributed by atoms with Crippen LogP contribution in [0.5, 0.6) is 0 Å². The topological polar surface area (TPSA) is 0 Å². The monoisotopic (exact) mass is 374 g/mol. The van der Waals surface area contributed by atoms with E-state index in [1.807, 2.05) is 0 Å². The minimum atomic E-state index is 1.40. The van der Waals surface area contributed by atoms with Crippen molar-refractivity contribution in [2.45, 2.75) is 0 Å². The van der Waals surface area contributed by atoms with Gasteiger partial charge in [0.2, 0.25) is 0 Å². The van der Waals surface area contributed by atoms with E-state index in [-0.39, 0.29) is 0 Å². The Bertz CT molecular complexity index is 1940. The van der Waals surface area contributed by atoms with Crippen molar-refractivity contribution in [3.8, 4) is 0 Å². The fourth-order valence-electron chi connectivity index (χ4n) is 6.37. The molecule has 0 N–H and O–H groups in total. The van der Waals surface area contributed by atoms with Crippen molar-refractivity contribution in [1.82, 2.24) is 0 Å². The van der Waals surface area contributed by atoms with Gasteiger partial charge in [0.15, 0.2) is 0 Å². The van der Waals surface area contributed by atoms with Crippen molar-refractivity contribution in [2.75, 3.05) is 0 Å². The van der Waals surface area contributed by atoms with Crippen LogP contribution < -0.4 is 0 Å². The van der Waals surface area contributed by atoms with Crippen LogP contribution in [0.4, 0.5) is 0 Å². The standard InChI is InChI=1S/C30H14/c1-2-8-16-15(7-1)21-13-23-24(14-22(16)21)30-28-20-12-6-4-10-18(20)26(28)25-17-9-3-5-11-19(17)27(25)29(23)30/h1-14H. The van der Waals surface area contributed by atoms with E-state index in [4.69, 9.17) is 0 Å². The highest BCUT2D eigenvalue weighted by molar-refractivity contribution is 6.57. The summed E-state index contributed by atoms with van der Waals surface area (Å²) in [4.78, 5) is 0. The molecule has 9 rings (SSSR count). The maximum absolute atomic E-state index is 2.45. The predicted octanol–water partition coefficient (Wildman–Crippen LogP) is 8.66. The largest absolute Gasteiger partial charge is 0.0616 e. The zero-order valence-electron chi connectivity index (χ0n) is 16.1. The van der Waals surface area contributed by atoms with E-state index in [2.05, 4.69) is 84.9 Å². The molecule has 0 fully saturated rings. The van der Waals surface area contributed by atoms with Crippen LogP contribution in [0.3, 0.4) is 0 Å². The fraction of sp³-hybridized carbons (Fsp3) is 0. The lowest BCUT2D eigenvalue weighted by molar-refractivity contribution is 1.80. The Hall–Kier alpha value is -3.90. The van der Waals surface area contributed by atoms with E-state index >= 15 is 0 Å². The summed E-state index contributed by atoms with van der Waals surface area (Å²) >= 11 is 0. The number of hydrogen-bond acceptors (Lipinski definition) is 0. The molecule has 30 heavy (non-hydrogen) atoms. The van der Waals surface area contributed by atoms with Crippen LogP contribution in [0, 0.1) is 0 Å². The lowest BCUT2D eigenvalue weighted by Crippen LogP contribution is -1.98. The van der Waals surface area contributed by atoms with Gasteiger partial charge in [-0.25, -0.2) is 0 Å². The van der Waals surface area contributed by atoms with Crippen LogP contribution in [0.15, 0.2) is 84.9 Å². The maximum atomic E-state index is 2.45. The Morgan fingerprint density at radius 3 is 0.833 bits per heavy atom. The summed E-state index contributed by atoms with van der Waals surface area (Å²) in [5, 5.41) is 23.1. The van der Waals surface area contributed by atoms with Gasteiger partial charge in [0.25, 0.3) is 0 Å². The van der Waals surface area contributed by atoms with Gasteiger partial charge in [-0.2, -0.15) is 0 Å². The van der Waals surface area contributed by atoms with Crippen LogP contribution in [0.25, 0.3) is 86.2 Å². The summed E-state index contributed by atoms with van der Waals surface area (Å²) in [6.45, 7) is 0. The molecule has 9 aromatic carbocycles. The Morgan fingerprint density at radius 2 is 0.500 bits per heavy atom. The van der Waals surface area contributed by atoms with E-state index in [0.717, 1.165) is 0 Å². The molecule has 0 heterocycles. The number of fused-ring (bicyclic) bond motifs is 19. The van der Waals surface area contributed by atoms with Crippen molar-refractivity contribution in [3.05, 3.63) is 84.9 Å². The summed E-state index contributed by atoms with van der Waals surface area (Å²) in [6, 6.07) is 31.6. The molecule has 0 heteroatoms. The van der Waals surface area contributed by atoms with Gasteiger partial charge in [0.1, 0.15) is 0 Å². The third kappa shape index (κ3) is 1.26. The molecular formula is C30H14. The second-order valence-electron chi connectivity index (χ2n) is 8.83. The molecule has 0 amide bonds. The Morgan fingerprint density at radius 1 is 0.233 bits per heavy atom. The SMILES string of the molecule is c1ccc2c(c1)c1cc3c(cc21)c1c2c4ccccc4c2c2c4ccccc4c2c31. The highest BCUT2D eigenvalue weighted by Gasteiger charge is 2.28. The Labute approximate surface area is 171 Å². The smallest absolute Gasteiger partial charge is 0.000695 e. The highest BCUT2D eigenvalue weighted by atomic mass is 14.3. The van der Waals surface area contributed by atoms with Crippen molar-refractivity contribution in [1.29, 1.82) is 0 Å². The molecule has 0 saturated carbocycles. The summed E-state index contributed by atoms with van der Waals surface area (Å²) in [6.07, 6.45) is 0. The van der Waals surface area contributed by atoms with Crippen molar-refractivity contribution >= 4 is 86.2 Å². The molecule has 0 atom stereocenters. The predicted molar refractivity (Wildman–Crippen MR) is 131 cm³/mol. The Balaban J connectivity index is 1.60. The van der Waals surface area contributed by atoms with Gasteiger partial charge in [-0.3, -0.25) is 0 Å². The molecule has 0 aromatic heterocycles. The third-order valence-electron chi connectivity index (χ3n) is 7.64. The van der Waals surface area contributed by atoms with Crippen molar-refractivity contribution in [3.63, 3.8) is 0 Å². The van der Waals surface area contributed by atoms with Crippen LogP contribution in [0.1, 0.15) is 0 Å². The van der Waals surface area contributed by atoms with Crippen molar-refractivity contribution in [2.24, 2.45) is 0 Å². The average Bonchev–Trinajstić information content (AvgIpc) is 2.77. The summed E-state index contributed by atoms with van der Waals surface area (Å²) < 4.78 is 0. The lowest BCUT2D eigenvalue weighted by Gasteiger charge is -2.27. The van der Waals surface area contributed by atoms with Gasteiger partial charge in [-0.05, 0) is 98.3 Å². The summed E-state index contributed by atoms with van der Waals surface area (Å²) in [7, 11) is 0. The molecule has 0 saturated heterocycles. The van der Waals surface area contributed by atoms with E-state index in [1.54, 1.807) is 0 Å². The zero-order chi connectivity index (χ0) is 19.1. The van der Waals surface area contributed by atoms with Crippen LogP contribution in [-0.4, -0.2) is 0 Å². The molecular weight excluding hydrogens is 360 g/mol. The first-order valence-electron chi connectivity index (χ1n) is 10.6. The van der Waals surface area contributed by atoms with Gasteiger partial charge < -0.3 is 0 Å². The Kier molecular flexibility index (Phi) is 2.04. The minimum absolute atomic E-state index is 1.40. The highest BCUT2D eigenvalue weighted by Crippen LogP contribution is 2.57. The number of hydrogen-bond donors (Lipinski definition) is 0. The maximum Gasteiger partial charge on any atom is -0.000695 e. The third-order valence-corrected chi connectivity index (χ3v) is 7.64. The lowest BCUT2D eigenvalue weighted by atomic mass is 9.75. The zero-order valence-corrected chi connectivity index (χ0v) is 16.1. The second-order valence-corrected chi connectivity index (χ2v) is 8.83. The van der Waals surface area contributed by atoms with Gasteiger partial charge in [0.05, 0.1) is 0 Å². The van der Waals surface area contributed by atoms with Gasteiger partial charge in [-0.15, -0.1) is 0 Å². The van der Waals surface area contributed by atoms with E-state index in [1.165, 1.54) is 86.2 Å². The normalized spacial score (nSPS) is 13.3. The van der Waals surface area contributed by atoms with Crippen LogP contribution >= 0.6 is 0 Å². The van der Waals surface area contributed by atoms with E-state index in [0.29, 0.717) is 0 Å². The second kappa shape index (κ2) is 4.32. The molecule has 0 aliphatic carbocycles. The van der Waals surface area contributed by atoms with Gasteiger partial charge >= 0.3 is 0 Å². The van der Waals surface area contributed by atoms with Gasteiger partial charge in [-0.1, -0.05) is 72.8 Å². The number of rotatable bonds is 0. The minimum Gasteiger partial charge on any atom is -0.0616 e. The first-order chi connectivity index (χ1) is 14.9. The van der Waals surface area contributed by atoms with E-state index in [9.17, 15) is 0 Å². The first kappa shape index (κ1) is 14.1. The van der Waals surface area contributed by atoms with Crippen LogP contribution in [-0.2, 0) is 0 Å². The van der Waals surface area contributed by atoms with Crippen LogP contribution in [0.2, 0.25) is 0 Å². The summed E-state index contributed by atoms with van der Waals surface area (Å²) in [5.74, 6) is 0. The molecule has 0 aliphatic rings. The average molecular weight is 374 g/mol. The molecule has 0 spiro atoms. The van der Waals surface area contributed by atoms with Crippen molar-refractivity contribution < 1.29 is 0 Å². The molecule has 0 radical (unpaired) electrons. The van der Waals surface area contributed by atoms with E-state index < -0.39 is 0 Å². The summed E-state index contributed by atoms with van der Waals surface area (Å²) in [5.41, 5.74) is 0. The molecule has 9 aromatic rings. The number of benzene rings is 5. The molecule has 0 unspecified atom stereocenters. The molecule has 0 bridgehead atoms. The van der Waals surface area contributed by atoms with Gasteiger partial charge in [0, 0.05) is 0 Å². The molecule has 0 aliphatic heterocycles. The first-order valence-corrected chi connectivity index (χ1v) is 10.6. The molecule has 0 nitrogen and oxygen atoms in total. The quantitative estimate of drug-likeness (QED) is 0.249. The molecule has 134 valence electrons.